The third-order valence-corrected chi connectivity index (χ3v) is 3.64. The Hall–Kier alpha value is -3.21. The van der Waals surface area contributed by atoms with Gasteiger partial charge in [0, 0.05) is 11.6 Å². The van der Waals surface area contributed by atoms with E-state index in [1.165, 1.54) is 4.90 Å². The molecule has 0 unspecified atom stereocenters. The number of imide groups is 1. The monoisotopic (exact) mass is 290 g/mol. The highest BCUT2D eigenvalue weighted by atomic mass is 16.5. The van der Waals surface area contributed by atoms with Crippen molar-refractivity contribution >= 4 is 17.5 Å². The Morgan fingerprint density at radius 1 is 0.818 bits per heavy atom. The first kappa shape index (κ1) is 12.5. The molecule has 22 heavy (non-hydrogen) atoms. The molecule has 0 aliphatic carbocycles. The van der Waals surface area contributed by atoms with Crippen molar-refractivity contribution in [3.05, 3.63) is 71.9 Å². The molecular weight excluding hydrogens is 280 g/mol. The number of carbonyl (C=O) groups is 2. The standard InChI is InChI=1S/C17H10N2O3/c20-16-13-3-1-2-4-14(13)17(21)19(16)12-7-5-11(6-8-12)15-9-10-18-22-15/h1-10H. The molecule has 5 heteroatoms. The molecule has 0 radical (unpaired) electrons. The van der Waals surface area contributed by atoms with Crippen LogP contribution in [0.25, 0.3) is 11.3 Å². The third kappa shape index (κ3) is 1.76. The van der Waals surface area contributed by atoms with Gasteiger partial charge in [0.2, 0.25) is 0 Å². The second-order valence-electron chi connectivity index (χ2n) is 4.91. The number of anilines is 1. The summed E-state index contributed by atoms with van der Waals surface area (Å²) in [6, 6.07) is 15.6. The maximum Gasteiger partial charge on any atom is 0.266 e. The van der Waals surface area contributed by atoms with E-state index in [0.717, 1.165) is 5.56 Å². The topological polar surface area (TPSA) is 63.4 Å². The van der Waals surface area contributed by atoms with Crippen LogP contribution in [0.1, 0.15) is 20.7 Å². The first-order valence-corrected chi connectivity index (χ1v) is 6.74. The van der Waals surface area contributed by atoms with Crippen molar-refractivity contribution < 1.29 is 14.1 Å². The number of fused-ring (bicyclic) bond motifs is 1. The Morgan fingerprint density at radius 3 is 2.00 bits per heavy atom. The molecule has 1 aromatic heterocycles. The van der Waals surface area contributed by atoms with Gasteiger partial charge in [-0.05, 0) is 36.4 Å². The van der Waals surface area contributed by atoms with E-state index in [4.69, 9.17) is 4.52 Å². The van der Waals surface area contributed by atoms with Crippen LogP contribution in [0.5, 0.6) is 0 Å². The zero-order valence-electron chi connectivity index (χ0n) is 11.4. The summed E-state index contributed by atoms with van der Waals surface area (Å²) in [6.07, 6.45) is 1.56. The lowest BCUT2D eigenvalue weighted by Crippen LogP contribution is -2.29. The quantitative estimate of drug-likeness (QED) is 0.680. The summed E-state index contributed by atoms with van der Waals surface area (Å²) >= 11 is 0. The lowest BCUT2D eigenvalue weighted by Gasteiger charge is -2.13. The highest BCUT2D eigenvalue weighted by Crippen LogP contribution is 2.29. The van der Waals surface area contributed by atoms with Gasteiger partial charge in [0.05, 0.1) is 23.0 Å². The maximum absolute atomic E-state index is 12.4. The Labute approximate surface area is 125 Å². The van der Waals surface area contributed by atoms with Crippen LogP contribution in [0.4, 0.5) is 5.69 Å². The van der Waals surface area contributed by atoms with E-state index in [-0.39, 0.29) is 11.8 Å². The molecule has 0 atom stereocenters. The van der Waals surface area contributed by atoms with Crippen molar-refractivity contribution in [2.24, 2.45) is 0 Å². The maximum atomic E-state index is 12.4. The van der Waals surface area contributed by atoms with Gasteiger partial charge in [-0.1, -0.05) is 17.3 Å². The third-order valence-electron chi connectivity index (χ3n) is 3.64. The van der Waals surface area contributed by atoms with Gasteiger partial charge in [-0.25, -0.2) is 4.90 Å². The summed E-state index contributed by atoms with van der Waals surface area (Å²) in [5.41, 5.74) is 2.24. The average Bonchev–Trinajstić information content (AvgIpc) is 3.17. The predicted molar refractivity (Wildman–Crippen MR) is 79.5 cm³/mol. The molecule has 5 nitrogen and oxygen atoms in total. The Morgan fingerprint density at radius 2 is 1.45 bits per heavy atom. The van der Waals surface area contributed by atoms with Gasteiger partial charge in [0.15, 0.2) is 5.76 Å². The molecule has 0 saturated heterocycles. The van der Waals surface area contributed by atoms with Gasteiger partial charge in [0.1, 0.15) is 0 Å². The van der Waals surface area contributed by atoms with Crippen molar-refractivity contribution in [1.82, 2.24) is 5.16 Å². The van der Waals surface area contributed by atoms with Crippen LogP contribution in [0.15, 0.2) is 65.3 Å². The van der Waals surface area contributed by atoms with Gasteiger partial charge >= 0.3 is 0 Å². The van der Waals surface area contributed by atoms with Gasteiger partial charge in [-0.3, -0.25) is 9.59 Å². The minimum atomic E-state index is -0.298. The summed E-state index contributed by atoms with van der Waals surface area (Å²) in [5, 5.41) is 3.66. The van der Waals surface area contributed by atoms with Gasteiger partial charge in [-0.2, -0.15) is 0 Å². The van der Waals surface area contributed by atoms with Crippen LogP contribution in [0.3, 0.4) is 0 Å². The SMILES string of the molecule is O=C1c2ccccc2C(=O)N1c1ccc(-c2ccno2)cc1. The molecule has 1 aliphatic heterocycles. The highest BCUT2D eigenvalue weighted by molar-refractivity contribution is 6.34. The first-order valence-electron chi connectivity index (χ1n) is 6.74. The molecule has 0 saturated carbocycles. The van der Waals surface area contributed by atoms with E-state index in [1.54, 1.807) is 60.8 Å². The molecule has 4 rings (SSSR count). The van der Waals surface area contributed by atoms with Crippen LogP contribution in [-0.4, -0.2) is 17.0 Å². The molecule has 0 spiro atoms. The zero-order valence-corrected chi connectivity index (χ0v) is 11.4. The number of hydrogen-bond donors (Lipinski definition) is 0. The van der Waals surface area contributed by atoms with E-state index < -0.39 is 0 Å². The number of benzene rings is 2. The number of carbonyl (C=O) groups excluding carboxylic acids is 2. The lowest BCUT2D eigenvalue weighted by molar-refractivity contribution is 0.0926. The molecule has 0 N–H and O–H groups in total. The van der Waals surface area contributed by atoms with E-state index in [0.29, 0.717) is 22.6 Å². The summed E-state index contributed by atoms with van der Waals surface area (Å²) in [4.78, 5) is 26.0. The van der Waals surface area contributed by atoms with Crippen LogP contribution in [0, 0.1) is 0 Å². The fourth-order valence-corrected chi connectivity index (χ4v) is 2.56. The number of nitrogens with zero attached hydrogens (tertiary/aromatic N) is 2. The minimum Gasteiger partial charge on any atom is -0.356 e. The van der Waals surface area contributed by atoms with Gasteiger partial charge < -0.3 is 4.52 Å². The summed E-state index contributed by atoms with van der Waals surface area (Å²) in [6.45, 7) is 0. The van der Waals surface area contributed by atoms with Crippen molar-refractivity contribution in [3.8, 4) is 11.3 Å². The van der Waals surface area contributed by atoms with Crippen LogP contribution < -0.4 is 4.90 Å². The Balaban J connectivity index is 1.72. The molecule has 2 amide bonds. The minimum absolute atomic E-state index is 0.298. The molecule has 106 valence electrons. The Bertz CT molecular complexity index is 832. The van der Waals surface area contributed by atoms with E-state index in [2.05, 4.69) is 5.16 Å². The molecule has 2 heterocycles. The van der Waals surface area contributed by atoms with Crippen molar-refractivity contribution in [3.63, 3.8) is 0 Å². The smallest absolute Gasteiger partial charge is 0.266 e. The number of hydrogen-bond acceptors (Lipinski definition) is 4. The summed E-state index contributed by atoms with van der Waals surface area (Å²) < 4.78 is 5.08. The van der Waals surface area contributed by atoms with Gasteiger partial charge in [-0.15, -0.1) is 0 Å². The van der Waals surface area contributed by atoms with Crippen LogP contribution in [-0.2, 0) is 0 Å². The molecule has 0 fully saturated rings. The van der Waals surface area contributed by atoms with Gasteiger partial charge in [0.25, 0.3) is 11.8 Å². The van der Waals surface area contributed by atoms with E-state index in [1.807, 2.05) is 0 Å². The van der Waals surface area contributed by atoms with Crippen LogP contribution in [0.2, 0.25) is 0 Å². The summed E-state index contributed by atoms with van der Waals surface area (Å²) in [5.74, 6) is 0.0370. The van der Waals surface area contributed by atoms with Crippen molar-refractivity contribution in [2.45, 2.75) is 0 Å². The predicted octanol–water partition coefficient (Wildman–Crippen LogP) is 3.14. The van der Waals surface area contributed by atoms with E-state index in [9.17, 15) is 9.59 Å². The molecule has 3 aromatic rings. The fraction of sp³-hybridized carbons (Fsp3) is 0. The molecule has 1 aliphatic rings. The molecule has 2 aromatic carbocycles. The van der Waals surface area contributed by atoms with Crippen molar-refractivity contribution in [2.75, 3.05) is 4.90 Å². The highest BCUT2D eigenvalue weighted by Gasteiger charge is 2.36. The second kappa shape index (κ2) is 4.66. The largest absolute Gasteiger partial charge is 0.356 e. The lowest BCUT2D eigenvalue weighted by atomic mass is 10.1. The van der Waals surface area contributed by atoms with E-state index >= 15 is 0 Å². The second-order valence-corrected chi connectivity index (χ2v) is 4.91. The number of aromatic nitrogens is 1. The van der Waals surface area contributed by atoms with Crippen molar-refractivity contribution in [1.29, 1.82) is 0 Å². The van der Waals surface area contributed by atoms with Crippen LogP contribution >= 0.6 is 0 Å². The first-order chi connectivity index (χ1) is 10.8. The Kier molecular flexibility index (Phi) is 2.66. The normalized spacial score (nSPS) is 13.5. The fourth-order valence-electron chi connectivity index (χ4n) is 2.56. The summed E-state index contributed by atoms with van der Waals surface area (Å²) in [7, 11) is 0. The molecule has 0 bridgehead atoms. The average molecular weight is 290 g/mol. The zero-order chi connectivity index (χ0) is 15.1. The number of amides is 2. The number of rotatable bonds is 2. The molecular formula is C17H10N2O3.